The number of hydrogen-bond acceptors (Lipinski definition) is 3. The van der Waals surface area contributed by atoms with E-state index in [2.05, 4.69) is 5.32 Å². The number of nitrogens with one attached hydrogen (secondary N) is 1. The van der Waals surface area contributed by atoms with Crippen molar-refractivity contribution >= 4 is 5.91 Å². The molecule has 2 rings (SSSR count). The maximum Gasteiger partial charge on any atom is 0.251 e. The van der Waals surface area contributed by atoms with E-state index in [1.807, 2.05) is 0 Å². The molecule has 4 heteroatoms. The summed E-state index contributed by atoms with van der Waals surface area (Å²) in [5, 5.41) is 21.9. The number of rotatable bonds is 2. The summed E-state index contributed by atoms with van der Waals surface area (Å²) in [5.41, 5.74) is 0.419. The molecule has 4 nitrogen and oxygen atoms in total. The lowest BCUT2D eigenvalue weighted by Crippen LogP contribution is -2.45. The summed E-state index contributed by atoms with van der Waals surface area (Å²) in [6.07, 6.45) is 3.14. The molecule has 1 fully saturated rings. The first-order valence-corrected chi connectivity index (χ1v) is 5.95. The van der Waals surface area contributed by atoms with Crippen molar-refractivity contribution in [1.29, 1.82) is 0 Å². The predicted octanol–water partition coefficient (Wildman–Crippen LogP) is 1.43. The van der Waals surface area contributed by atoms with E-state index < -0.39 is 6.10 Å². The normalized spacial score (nSPS) is 24.3. The molecule has 1 amide bonds. The molecule has 0 radical (unpaired) electrons. The van der Waals surface area contributed by atoms with Gasteiger partial charge in [0.1, 0.15) is 5.75 Å². The van der Waals surface area contributed by atoms with Crippen molar-refractivity contribution in [3.8, 4) is 5.75 Å². The van der Waals surface area contributed by atoms with Crippen LogP contribution in [0.5, 0.6) is 5.75 Å². The number of aromatic hydroxyl groups is 1. The Hall–Kier alpha value is -1.55. The quantitative estimate of drug-likeness (QED) is 0.726. The SMILES string of the molecule is O=C(NC1CCCCC1O)c1cccc(O)c1. The summed E-state index contributed by atoms with van der Waals surface area (Å²) < 4.78 is 0. The molecular weight excluding hydrogens is 218 g/mol. The van der Waals surface area contributed by atoms with Crippen LogP contribution in [0.3, 0.4) is 0 Å². The minimum absolute atomic E-state index is 0.0712. The second-order valence-corrected chi connectivity index (χ2v) is 4.48. The van der Waals surface area contributed by atoms with Crippen LogP contribution < -0.4 is 5.32 Å². The zero-order valence-electron chi connectivity index (χ0n) is 9.60. The number of carbonyl (C=O) groups excluding carboxylic acids is 1. The fraction of sp³-hybridized carbons (Fsp3) is 0.462. The first-order valence-electron chi connectivity index (χ1n) is 5.95. The van der Waals surface area contributed by atoms with Crippen LogP contribution in [0.2, 0.25) is 0 Å². The van der Waals surface area contributed by atoms with Gasteiger partial charge in [-0.1, -0.05) is 18.9 Å². The van der Waals surface area contributed by atoms with Crippen molar-refractivity contribution in [2.24, 2.45) is 0 Å². The maximum atomic E-state index is 11.9. The van der Waals surface area contributed by atoms with Gasteiger partial charge in [-0.05, 0) is 31.0 Å². The Balaban J connectivity index is 2.01. The van der Waals surface area contributed by atoms with Gasteiger partial charge in [0, 0.05) is 5.56 Å². The standard InChI is InChI=1S/C13H17NO3/c15-10-5-3-4-9(8-10)13(17)14-11-6-1-2-7-12(11)16/h3-5,8,11-12,15-16H,1-2,6-7H2,(H,14,17). The van der Waals surface area contributed by atoms with Gasteiger partial charge in [-0.3, -0.25) is 4.79 Å². The molecule has 1 aliphatic carbocycles. The van der Waals surface area contributed by atoms with Crippen molar-refractivity contribution in [3.05, 3.63) is 29.8 Å². The van der Waals surface area contributed by atoms with E-state index in [-0.39, 0.29) is 17.7 Å². The summed E-state index contributed by atoms with van der Waals surface area (Å²) in [5.74, 6) is -0.173. The molecule has 1 aromatic rings. The number of phenols is 1. The molecule has 1 aromatic carbocycles. The summed E-state index contributed by atoms with van der Waals surface area (Å²) in [4.78, 5) is 11.9. The molecule has 0 heterocycles. The minimum Gasteiger partial charge on any atom is -0.508 e. The van der Waals surface area contributed by atoms with Crippen molar-refractivity contribution in [2.45, 2.75) is 37.8 Å². The zero-order chi connectivity index (χ0) is 12.3. The van der Waals surface area contributed by atoms with Crippen LogP contribution in [0.1, 0.15) is 36.0 Å². The van der Waals surface area contributed by atoms with Gasteiger partial charge in [0.2, 0.25) is 0 Å². The summed E-state index contributed by atoms with van der Waals surface area (Å²) in [7, 11) is 0. The lowest BCUT2D eigenvalue weighted by molar-refractivity contribution is 0.0717. The molecule has 1 saturated carbocycles. The second kappa shape index (κ2) is 5.19. The van der Waals surface area contributed by atoms with E-state index in [4.69, 9.17) is 0 Å². The highest BCUT2D eigenvalue weighted by molar-refractivity contribution is 5.94. The van der Waals surface area contributed by atoms with Gasteiger partial charge in [0.05, 0.1) is 12.1 Å². The molecule has 0 bridgehead atoms. The van der Waals surface area contributed by atoms with Gasteiger partial charge in [-0.2, -0.15) is 0 Å². The van der Waals surface area contributed by atoms with Gasteiger partial charge in [0.15, 0.2) is 0 Å². The minimum atomic E-state index is -0.454. The van der Waals surface area contributed by atoms with Crippen molar-refractivity contribution in [3.63, 3.8) is 0 Å². The number of aliphatic hydroxyl groups is 1. The molecule has 0 spiro atoms. The number of phenolic OH excluding ortho intramolecular Hbond substituents is 1. The van der Waals surface area contributed by atoms with Gasteiger partial charge < -0.3 is 15.5 Å². The Kier molecular flexibility index (Phi) is 3.64. The Morgan fingerprint density at radius 3 is 2.76 bits per heavy atom. The third kappa shape index (κ3) is 2.97. The number of carbonyl (C=O) groups is 1. The molecule has 92 valence electrons. The van der Waals surface area contributed by atoms with Crippen LogP contribution in [0, 0.1) is 0 Å². The number of hydrogen-bond donors (Lipinski definition) is 3. The summed E-state index contributed by atoms with van der Waals surface area (Å²) in [6, 6.07) is 6.04. The molecule has 0 aromatic heterocycles. The van der Waals surface area contributed by atoms with Crippen LogP contribution in [-0.2, 0) is 0 Å². The predicted molar refractivity (Wildman–Crippen MR) is 63.8 cm³/mol. The molecule has 0 aliphatic heterocycles. The fourth-order valence-corrected chi connectivity index (χ4v) is 2.18. The number of benzene rings is 1. The molecular formula is C13H17NO3. The third-order valence-corrected chi connectivity index (χ3v) is 3.15. The van der Waals surface area contributed by atoms with E-state index in [1.54, 1.807) is 12.1 Å². The lowest BCUT2D eigenvalue weighted by Gasteiger charge is -2.28. The average molecular weight is 235 g/mol. The van der Waals surface area contributed by atoms with E-state index >= 15 is 0 Å². The number of amides is 1. The van der Waals surface area contributed by atoms with Crippen LogP contribution in [-0.4, -0.2) is 28.3 Å². The smallest absolute Gasteiger partial charge is 0.251 e. The Morgan fingerprint density at radius 1 is 1.29 bits per heavy atom. The molecule has 3 N–H and O–H groups in total. The maximum absolute atomic E-state index is 11.9. The Labute approximate surface area is 100 Å². The number of aliphatic hydroxyl groups excluding tert-OH is 1. The van der Waals surface area contributed by atoms with Gasteiger partial charge in [0.25, 0.3) is 5.91 Å². The highest BCUT2D eigenvalue weighted by Gasteiger charge is 2.24. The fourth-order valence-electron chi connectivity index (χ4n) is 2.18. The molecule has 2 unspecified atom stereocenters. The Morgan fingerprint density at radius 2 is 2.06 bits per heavy atom. The molecule has 2 atom stereocenters. The van der Waals surface area contributed by atoms with Crippen LogP contribution in [0.25, 0.3) is 0 Å². The highest BCUT2D eigenvalue weighted by atomic mass is 16.3. The monoisotopic (exact) mass is 235 g/mol. The third-order valence-electron chi connectivity index (χ3n) is 3.15. The largest absolute Gasteiger partial charge is 0.508 e. The second-order valence-electron chi connectivity index (χ2n) is 4.48. The van der Waals surface area contributed by atoms with Crippen LogP contribution in [0.4, 0.5) is 0 Å². The van der Waals surface area contributed by atoms with E-state index in [1.165, 1.54) is 12.1 Å². The first-order chi connectivity index (χ1) is 8.16. The van der Waals surface area contributed by atoms with Gasteiger partial charge in [-0.15, -0.1) is 0 Å². The molecule has 17 heavy (non-hydrogen) atoms. The van der Waals surface area contributed by atoms with Crippen molar-refractivity contribution in [2.75, 3.05) is 0 Å². The Bertz CT molecular complexity index is 405. The first kappa shape index (κ1) is 11.9. The average Bonchev–Trinajstić information content (AvgIpc) is 2.32. The van der Waals surface area contributed by atoms with E-state index in [9.17, 15) is 15.0 Å². The van der Waals surface area contributed by atoms with Crippen molar-refractivity contribution in [1.82, 2.24) is 5.32 Å². The van der Waals surface area contributed by atoms with Gasteiger partial charge >= 0.3 is 0 Å². The zero-order valence-corrected chi connectivity index (χ0v) is 9.60. The molecule has 0 saturated heterocycles. The van der Waals surface area contributed by atoms with Crippen LogP contribution in [0.15, 0.2) is 24.3 Å². The van der Waals surface area contributed by atoms with E-state index in [0.717, 1.165) is 25.7 Å². The topological polar surface area (TPSA) is 69.6 Å². The van der Waals surface area contributed by atoms with Crippen LogP contribution >= 0.6 is 0 Å². The summed E-state index contributed by atoms with van der Waals surface area (Å²) in [6.45, 7) is 0. The lowest BCUT2D eigenvalue weighted by atomic mass is 9.92. The molecule has 1 aliphatic rings. The van der Waals surface area contributed by atoms with Crippen molar-refractivity contribution < 1.29 is 15.0 Å². The highest BCUT2D eigenvalue weighted by Crippen LogP contribution is 2.19. The summed E-state index contributed by atoms with van der Waals surface area (Å²) >= 11 is 0. The van der Waals surface area contributed by atoms with E-state index in [0.29, 0.717) is 5.56 Å². The van der Waals surface area contributed by atoms with Gasteiger partial charge in [-0.25, -0.2) is 0 Å².